The fraction of sp³-hybridized carbons (Fsp3) is 0.250. The van der Waals surface area contributed by atoms with Crippen molar-refractivity contribution in [3.8, 4) is 5.82 Å². The molecule has 0 unspecified atom stereocenters. The number of nitrogens with zero attached hydrogens (tertiary/aromatic N) is 4. The van der Waals surface area contributed by atoms with E-state index in [1.54, 1.807) is 21.8 Å². The molecule has 0 spiro atoms. The Morgan fingerprint density at radius 1 is 1.10 bits per heavy atom. The SMILES string of the molecule is C=C1c2ccccc2C(=O)N1CCC(=O)Nc1cc(C(C)(C)C)nn1-c1ccccn1. The Hall–Kier alpha value is -3.74. The number of anilines is 1. The topological polar surface area (TPSA) is 80.1 Å². The molecule has 2 aromatic heterocycles. The summed E-state index contributed by atoms with van der Waals surface area (Å²) in [5.74, 6) is 0.825. The van der Waals surface area contributed by atoms with Crippen molar-refractivity contribution in [2.45, 2.75) is 32.6 Å². The van der Waals surface area contributed by atoms with E-state index in [1.807, 2.05) is 42.5 Å². The molecule has 7 nitrogen and oxygen atoms in total. The minimum absolute atomic E-state index is 0.123. The lowest BCUT2D eigenvalue weighted by molar-refractivity contribution is -0.116. The van der Waals surface area contributed by atoms with Gasteiger partial charge in [-0.1, -0.05) is 51.6 Å². The number of hydrogen-bond donors (Lipinski definition) is 1. The summed E-state index contributed by atoms with van der Waals surface area (Å²) >= 11 is 0. The third kappa shape index (κ3) is 3.99. The molecule has 0 aliphatic carbocycles. The lowest BCUT2D eigenvalue weighted by atomic mass is 9.92. The first kappa shape index (κ1) is 20.5. The molecule has 0 saturated heterocycles. The van der Waals surface area contributed by atoms with Crippen LogP contribution in [0.4, 0.5) is 5.82 Å². The van der Waals surface area contributed by atoms with Gasteiger partial charge in [0.15, 0.2) is 5.82 Å². The van der Waals surface area contributed by atoms with Crippen LogP contribution in [0.1, 0.15) is 48.8 Å². The van der Waals surface area contributed by atoms with Crippen LogP contribution < -0.4 is 5.32 Å². The van der Waals surface area contributed by atoms with Crippen molar-refractivity contribution in [3.05, 3.63) is 78.1 Å². The van der Waals surface area contributed by atoms with E-state index in [0.29, 0.717) is 22.9 Å². The maximum atomic E-state index is 12.8. The number of pyridine rings is 1. The first-order valence-electron chi connectivity index (χ1n) is 10.2. The molecule has 0 bridgehead atoms. The zero-order chi connectivity index (χ0) is 22.2. The second kappa shape index (κ2) is 7.83. The van der Waals surface area contributed by atoms with E-state index in [2.05, 4.69) is 42.7 Å². The van der Waals surface area contributed by atoms with Crippen molar-refractivity contribution in [2.75, 3.05) is 11.9 Å². The third-order valence-corrected chi connectivity index (χ3v) is 5.21. The van der Waals surface area contributed by atoms with Gasteiger partial charge < -0.3 is 10.2 Å². The summed E-state index contributed by atoms with van der Waals surface area (Å²) in [6, 6.07) is 14.7. The van der Waals surface area contributed by atoms with Gasteiger partial charge in [0.2, 0.25) is 5.91 Å². The van der Waals surface area contributed by atoms with Crippen molar-refractivity contribution >= 4 is 23.3 Å². The van der Waals surface area contributed by atoms with Crippen LogP contribution in [0.5, 0.6) is 0 Å². The smallest absolute Gasteiger partial charge is 0.258 e. The average molecular weight is 415 g/mol. The predicted octanol–water partition coefficient (Wildman–Crippen LogP) is 4.02. The lowest BCUT2D eigenvalue weighted by Crippen LogP contribution is -2.27. The summed E-state index contributed by atoms with van der Waals surface area (Å²) < 4.78 is 1.63. The first-order valence-corrected chi connectivity index (χ1v) is 10.2. The molecule has 0 fully saturated rings. The van der Waals surface area contributed by atoms with Crippen molar-refractivity contribution in [2.24, 2.45) is 0 Å². The number of benzene rings is 1. The van der Waals surface area contributed by atoms with Gasteiger partial charge in [-0.15, -0.1) is 0 Å². The molecule has 1 N–H and O–H groups in total. The Morgan fingerprint density at radius 3 is 2.45 bits per heavy atom. The maximum Gasteiger partial charge on any atom is 0.258 e. The Bertz CT molecular complexity index is 1120. The number of carbonyl (C=O) groups is 2. The molecule has 1 aromatic carbocycles. The van der Waals surface area contributed by atoms with Gasteiger partial charge in [0.05, 0.1) is 5.69 Å². The van der Waals surface area contributed by atoms with Crippen molar-refractivity contribution < 1.29 is 9.59 Å². The molecule has 3 aromatic rings. The van der Waals surface area contributed by atoms with Crippen LogP contribution in [-0.4, -0.2) is 38.0 Å². The van der Waals surface area contributed by atoms with Crippen LogP contribution in [0, 0.1) is 0 Å². The maximum absolute atomic E-state index is 12.8. The second-order valence-corrected chi connectivity index (χ2v) is 8.51. The van der Waals surface area contributed by atoms with E-state index < -0.39 is 0 Å². The molecule has 7 heteroatoms. The van der Waals surface area contributed by atoms with Gasteiger partial charge >= 0.3 is 0 Å². The quantitative estimate of drug-likeness (QED) is 0.683. The number of rotatable bonds is 5. The first-order chi connectivity index (χ1) is 14.8. The molecule has 158 valence electrons. The van der Waals surface area contributed by atoms with Gasteiger partial charge in [-0.3, -0.25) is 9.59 Å². The number of fused-ring (bicyclic) bond motifs is 1. The van der Waals surface area contributed by atoms with Crippen LogP contribution in [0.3, 0.4) is 0 Å². The van der Waals surface area contributed by atoms with Crippen LogP contribution >= 0.6 is 0 Å². The number of carbonyl (C=O) groups excluding carboxylic acids is 2. The fourth-order valence-electron chi connectivity index (χ4n) is 3.48. The van der Waals surface area contributed by atoms with Crippen LogP contribution in [0.25, 0.3) is 11.5 Å². The Balaban J connectivity index is 1.50. The highest BCUT2D eigenvalue weighted by Gasteiger charge is 2.30. The molecule has 3 heterocycles. The van der Waals surface area contributed by atoms with E-state index in [4.69, 9.17) is 0 Å². The minimum Gasteiger partial charge on any atom is -0.310 e. The summed E-state index contributed by atoms with van der Waals surface area (Å²) in [4.78, 5) is 31.3. The lowest BCUT2D eigenvalue weighted by Gasteiger charge is -2.17. The Morgan fingerprint density at radius 2 is 1.81 bits per heavy atom. The standard InChI is InChI=1S/C24H25N5O2/c1-16-17-9-5-6-10-18(17)23(31)28(16)14-12-22(30)26-21-15-19(24(2,3)4)27-29(21)20-11-7-8-13-25-20/h5-11,13,15H,1,12,14H2,2-4H3,(H,26,30). The van der Waals surface area contributed by atoms with Crippen LogP contribution in [-0.2, 0) is 10.2 Å². The minimum atomic E-state index is -0.214. The zero-order valence-electron chi connectivity index (χ0n) is 17.9. The van der Waals surface area contributed by atoms with E-state index in [1.165, 1.54) is 0 Å². The summed E-state index contributed by atoms with van der Waals surface area (Å²) in [5.41, 5.74) is 2.71. The highest BCUT2D eigenvalue weighted by molar-refractivity contribution is 6.09. The predicted molar refractivity (Wildman–Crippen MR) is 120 cm³/mol. The van der Waals surface area contributed by atoms with E-state index in [9.17, 15) is 9.59 Å². The van der Waals surface area contributed by atoms with Gasteiger partial charge in [-0.2, -0.15) is 9.78 Å². The molecule has 0 atom stereocenters. The van der Waals surface area contributed by atoms with Crippen molar-refractivity contribution in [3.63, 3.8) is 0 Å². The molecular weight excluding hydrogens is 390 g/mol. The normalized spacial score (nSPS) is 13.5. The van der Waals surface area contributed by atoms with Gasteiger partial charge in [0.1, 0.15) is 5.82 Å². The van der Waals surface area contributed by atoms with Crippen molar-refractivity contribution in [1.82, 2.24) is 19.7 Å². The molecule has 1 aliphatic heterocycles. The van der Waals surface area contributed by atoms with Gasteiger partial charge in [0, 0.05) is 47.5 Å². The zero-order valence-corrected chi connectivity index (χ0v) is 17.9. The molecular formula is C24H25N5O2. The number of aromatic nitrogens is 3. The highest BCUT2D eigenvalue weighted by Crippen LogP contribution is 2.31. The number of nitrogens with one attached hydrogen (secondary N) is 1. The molecule has 2 amide bonds. The molecule has 1 aliphatic rings. The molecule has 31 heavy (non-hydrogen) atoms. The van der Waals surface area contributed by atoms with Crippen LogP contribution in [0.2, 0.25) is 0 Å². The average Bonchev–Trinajstić information content (AvgIpc) is 3.27. The van der Waals surface area contributed by atoms with Gasteiger partial charge in [-0.05, 0) is 18.2 Å². The Kier molecular flexibility index (Phi) is 5.19. The van der Waals surface area contributed by atoms with E-state index in [-0.39, 0.29) is 30.2 Å². The summed E-state index contributed by atoms with van der Waals surface area (Å²) in [5, 5.41) is 7.58. The summed E-state index contributed by atoms with van der Waals surface area (Å²) in [7, 11) is 0. The van der Waals surface area contributed by atoms with Gasteiger partial charge in [-0.25, -0.2) is 4.98 Å². The van der Waals surface area contributed by atoms with Crippen molar-refractivity contribution in [1.29, 1.82) is 0 Å². The molecule has 0 radical (unpaired) electrons. The monoisotopic (exact) mass is 415 g/mol. The molecule has 0 saturated carbocycles. The summed E-state index contributed by atoms with van der Waals surface area (Å²) in [6.07, 6.45) is 1.82. The second-order valence-electron chi connectivity index (χ2n) is 8.51. The fourth-order valence-corrected chi connectivity index (χ4v) is 3.48. The largest absolute Gasteiger partial charge is 0.310 e. The summed E-state index contributed by atoms with van der Waals surface area (Å²) in [6.45, 7) is 10.5. The third-order valence-electron chi connectivity index (χ3n) is 5.21. The molecule has 4 rings (SSSR count). The number of amides is 2. The van der Waals surface area contributed by atoms with E-state index >= 15 is 0 Å². The highest BCUT2D eigenvalue weighted by atomic mass is 16.2. The van der Waals surface area contributed by atoms with Gasteiger partial charge in [0.25, 0.3) is 5.91 Å². The Labute approximate surface area is 181 Å². The number of hydrogen-bond acceptors (Lipinski definition) is 4. The van der Waals surface area contributed by atoms with Crippen LogP contribution in [0.15, 0.2) is 61.3 Å². The van der Waals surface area contributed by atoms with E-state index in [0.717, 1.165) is 11.3 Å².